The Morgan fingerprint density at radius 1 is 1.29 bits per heavy atom. The lowest BCUT2D eigenvalue weighted by Crippen LogP contribution is -1.89. The second kappa shape index (κ2) is 3.77. The summed E-state index contributed by atoms with van der Waals surface area (Å²) in [6.07, 6.45) is 1.75. The molecule has 0 saturated heterocycles. The molecule has 0 aliphatic heterocycles. The van der Waals surface area contributed by atoms with Crippen molar-refractivity contribution in [1.29, 1.82) is 0 Å². The van der Waals surface area contributed by atoms with Gasteiger partial charge in [0.25, 0.3) is 0 Å². The molecule has 1 aromatic carbocycles. The molecule has 0 unspecified atom stereocenters. The van der Waals surface area contributed by atoms with Gasteiger partial charge in [-0.2, -0.15) is 5.10 Å². The zero-order valence-electron chi connectivity index (χ0n) is 9.06. The van der Waals surface area contributed by atoms with Gasteiger partial charge < -0.3 is 5.73 Å². The second-order valence-electron chi connectivity index (χ2n) is 3.65. The van der Waals surface area contributed by atoms with E-state index in [0.29, 0.717) is 10.8 Å². The number of benzene rings is 1. The van der Waals surface area contributed by atoms with Gasteiger partial charge in [-0.3, -0.25) is 10.2 Å². The number of rotatable bonds is 2. The molecule has 0 fully saturated rings. The van der Waals surface area contributed by atoms with Crippen LogP contribution in [0.15, 0.2) is 28.4 Å². The van der Waals surface area contributed by atoms with Crippen molar-refractivity contribution in [2.75, 3.05) is 5.73 Å². The van der Waals surface area contributed by atoms with Crippen LogP contribution in [0.3, 0.4) is 0 Å². The third-order valence-electron chi connectivity index (χ3n) is 2.35. The molecule has 6 nitrogen and oxygen atoms in total. The number of aromatic nitrogens is 5. The molecule has 0 bridgehead atoms. The smallest absolute Gasteiger partial charge is 0.213 e. The summed E-state index contributed by atoms with van der Waals surface area (Å²) in [7, 11) is 0. The maximum atomic E-state index is 5.97. The van der Waals surface area contributed by atoms with Gasteiger partial charge in [0.2, 0.25) is 5.16 Å². The van der Waals surface area contributed by atoms with Crippen molar-refractivity contribution in [2.24, 2.45) is 0 Å². The third-order valence-corrected chi connectivity index (χ3v) is 3.29. The highest BCUT2D eigenvalue weighted by molar-refractivity contribution is 7.99. The highest BCUT2D eigenvalue weighted by Gasteiger charge is 2.08. The van der Waals surface area contributed by atoms with Crippen LogP contribution in [0, 0.1) is 6.92 Å². The molecule has 2 aromatic heterocycles. The van der Waals surface area contributed by atoms with Crippen LogP contribution in [0.25, 0.3) is 10.9 Å². The Balaban J connectivity index is 2.01. The zero-order valence-corrected chi connectivity index (χ0v) is 9.88. The Morgan fingerprint density at radius 3 is 2.94 bits per heavy atom. The van der Waals surface area contributed by atoms with E-state index in [-0.39, 0.29) is 0 Å². The highest BCUT2D eigenvalue weighted by Crippen LogP contribution is 2.32. The molecule has 0 atom stereocenters. The van der Waals surface area contributed by atoms with Crippen molar-refractivity contribution in [2.45, 2.75) is 17.0 Å². The van der Waals surface area contributed by atoms with Crippen LogP contribution in [0.2, 0.25) is 0 Å². The molecule has 0 aliphatic rings. The molecule has 0 radical (unpaired) electrons. The summed E-state index contributed by atoms with van der Waals surface area (Å²) in [5, 5.41) is 15.4. The Hall–Kier alpha value is -2.02. The number of hydrogen-bond acceptors (Lipinski definition) is 5. The number of nitrogens with two attached hydrogens (primary N) is 1. The van der Waals surface area contributed by atoms with Crippen molar-refractivity contribution >= 4 is 28.4 Å². The van der Waals surface area contributed by atoms with Crippen molar-refractivity contribution in [3.05, 3.63) is 24.2 Å². The molecule has 3 aromatic rings. The molecule has 0 spiro atoms. The molecule has 86 valence electrons. The Bertz CT molecular complexity index is 670. The van der Waals surface area contributed by atoms with Crippen LogP contribution in [-0.4, -0.2) is 25.4 Å². The van der Waals surface area contributed by atoms with Crippen LogP contribution < -0.4 is 5.73 Å². The van der Waals surface area contributed by atoms with E-state index in [1.807, 2.05) is 19.1 Å². The first-order chi connectivity index (χ1) is 8.22. The molecule has 7 heteroatoms. The number of hydrogen-bond donors (Lipinski definition) is 3. The minimum absolute atomic E-state index is 0.660. The fourth-order valence-corrected chi connectivity index (χ4v) is 2.37. The van der Waals surface area contributed by atoms with Gasteiger partial charge in [0.15, 0.2) is 0 Å². The molecule has 0 aliphatic carbocycles. The van der Waals surface area contributed by atoms with Crippen molar-refractivity contribution < 1.29 is 0 Å². The number of aryl methyl sites for hydroxylation is 1. The first kappa shape index (κ1) is 10.2. The molecule has 4 N–H and O–H groups in total. The number of nitrogens with one attached hydrogen (secondary N) is 2. The second-order valence-corrected chi connectivity index (χ2v) is 4.66. The minimum Gasteiger partial charge on any atom is -0.398 e. The molecule has 3 rings (SSSR count). The highest BCUT2D eigenvalue weighted by atomic mass is 32.2. The van der Waals surface area contributed by atoms with Gasteiger partial charge in [-0.1, -0.05) is 0 Å². The lowest BCUT2D eigenvalue weighted by Gasteiger charge is -2.02. The first-order valence-electron chi connectivity index (χ1n) is 5.02. The first-order valence-corrected chi connectivity index (χ1v) is 5.83. The fraction of sp³-hybridized carbons (Fsp3) is 0.100. The summed E-state index contributed by atoms with van der Waals surface area (Å²) >= 11 is 1.43. The summed E-state index contributed by atoms with van der Waals surface area (Å²) in [4.78, 5) is 5.15. The minimum atomic E-state index is 0.660. The normalized spacial score (nSPS) is 11.1. The zero-order chi connectivity index (χ0) is 11.8. The predicted octanol–water partition coefficient (Wildman–Crippen LogP) is 1.72. The summed E-state index contributed by atoms with van der Waals surface area (Å²) in [5.74, 6) is 0.786. The van der Waals surface area contributed by atoms with Gasteiger partial charge in [0.05, 0.1) is 11.7 Å². The van der Waals surface area contributed by atoms with E-state index in [1.165, 1.54) is 11.8 Å². The Labute approximate surface area is 101 Å². The van der Waals surface area contributed by atoms with Crippen LogP contribution in [-0.2, 0) is 0 Å². The monoisotopic (exact) mass is 246 g/mol. The quantitative estimate of drug-likeness (QED) is 0.598. The average Bonchev–Trinajstić information content (AvgIpc) is 2.88. The van der Waals surface area contributed by atoms with Crippen LogP contribution in [0.4, 0.5) is 5.69 Å². The van der Waals surface area contributed by atoms with E-state index in [1.54, 1.807) is 6.20 Å². The number of anilines is 1. The number of nitrogen functional groups attached to an aromatic ring is 1. The van der Waals surface area contributed by atoms with Crippen LogP contribution in [0.5, 0.6) is 0 Å². The van der Waals surface area contributed by atoms with E-state index < -0.39 is 0 Å². The predicted molar refractivity (Wildman–Crippen MR) is 65.7 cm³/mol. The summed E-state index contributed by atoms with van der Waals surface area (Å²) in [6, 6.07) is 3.84. The van der Waals surface area contributed by atoms with E-state index >= 15 is 0 Å². The van der Waals surface area contributed by atoms with Gasteiger partial charge in [-0.05, 0) is 30.8 Å². The van der Waals surface area contributed by atoms with E-state index in [9.17, 15) is 0 Å². The standard InChI is InChI=1S/C10H10N6S/c1-5-13-10(16-14-5)17-9-3-8-6(2-7(9)11)4-12-15-8/h2-4H,11H2,1H3,(H,12,15)(H,13,14,16). The number of H-pyrrole nitrogens is 2. The summed E-state index contributed by atoms with van der Waals surface area (Å²) in [5.41, 5.74) is 7.63. The van der Waals surface area contributed by atoms with Crippen molar-refractivity contribution in [3.8, 4) is 0 Å². The van der Waals surface area contributed by atoms with Gasteiger partial charge in [-0.15, -0.1) is 5.10 Å². The largest absolute Gasteiger partial charge is 0.398 e. The molecule has 2 heterocycles. The summed E-state index contributed by atoms with van der Waals surface area (Å²) < 4.78 is 0. The number of fused-ring (bicyclic) bond motifs is 1. The maximum Gasteiger partial charge on any atom is 0.213 e. The molecular weight excluding hydrogens is 236 g/mol. The third kappa shape index (κ3) is 1.84. The number of nitrogens with zero attached hydrogens (tertiary/aromatic N) is 3. The lowest BCUT2D eigenvalue weighted by molar-refractivity contribution is 0.970. The Morgan fingerprint density at radius 2 is 2.18 bits per heavy atom. The van der Waals surface area contributed by atoms with Crippen LogP contribution in [0.1, 0.15) is 5.82 Å². The Kier molecular flexibility index (Phi) is 2.25. The van der Waals surface area contributed by atoms with Gasteiger partial charge >= 0.3 is 0 Å². The van der Waals surface area contributed by atoms with Gasteiger partial charge in [0, 0.05) is 16.0 Å². The van der Waals surface area contributed by atoms with Gasteiger partial charge in [-0.25, -0.2) is 4.98 Å². The van der Waals surface area contributed by atoms with E-state index in [4.69, 9.17) is 5.73 Å². The van der Waals surface area contributed by atoms with E-state index in [2.05, 4.69) is 25.4 Å². The molecule has 17 heavy (non-hydrogen) atoms. The maximum absolute atomic E-state index is 5.97. The topological polar surface area (TPSA) is 96.3 Å². The van der Waals surface area contributed by atoms with E-state index in [0.717, 1.165) is 21.6 Å². The molecule has 0 amide bonds. The van der Waals surface area contributed by atoms with Crippen molar-refractivity contribution in [1.82, 2.24) is 25.4 Å². The SMILES string of the molecule is Cc1nc(Sc2cc3[nH]ncc3cc2N)n[nH]1. The summed E-state index contributed by atoms with van der Waals surface area (Å²) in [6.45, 7) is 1.86. The average molecular weight is 246 g/mol. The number of aromatic amines is 2. The lowest BCUT2D eigenvalue weighted by atomic mass is 10.2. The molecular formula is C10H10N6S. The van der Waals surface area contributed by atoms with Crippen molar-refractivity contribution in [3.63, 3.8) is 0 Å². The van der Waals surface area contributed by atoms with Gasteiger partial charge in [0.1, 0.15) is 5.82 Å². The molecule has 0 saturated carbocycles. The fourth-order valence-electron chi connectivity index (χ4n) is 1.54. The van der Waals surface area contributed by atoms with Crippen LogP contribution >= 0.6 is 11.8 Å².